The first-order chi connectivity index (χ1) is 4.76. The highest BCUT2D eigenvalue weighted by Gasteiger charge is 2.16. The molecule has 3 nitrogen and oxygen atoms in total. The van der Waals surface area contributed by atoms with Gasteiger partial charge in [-0.05, 0) is 6.42 Å². The van der Waals surface area contributed by atoms with E-state index in [1.54, 1.807) is 0 Å². The molecule has 0 fully saturated rings. The Morgan fingerprint density at radius 1 is 1.90 bits per heavy atom. The van der Waals surface area contributed by atoms with Crippen molar-refractivity contribution in [3.05, 3.63) is 6.92 Å². The number of methoxy groups -OCH3 is 1. The van der Waals surface area contributed by atoms with Crippen LogP contribution in [-0.4, -0.2) is 13.1 Å². The van der Waals surface area contributed by atoms with Gasteiger partial charge in [-0.2, -0.15) is 5.26 Å². The molecule has 0 saturated heterocycles. The Labute approximate surface area is 60.6 Å². The molecule has 3 heteroatoms. The van der Waals surface area contributed by atoms with E-state index in [0.717, 1.165) is 0 Å². The van der Waals surface area contributed by atoms with Crippen LogP contribution in [0.5, 0.6) is 0 Å². The smallest absolute Gasteiger partial charge is 0.323 e. The highest BCUT2D eigenvalue weighted by atomic mass is 16.5. The van der Waals surface area contributed by atoms with E-state index in [2.05, 4.69) is 11.7 Å². The van der Waals surface area contributed by atoms with Gasteiger partial charge in [-0.1, -0.05) is 13.3 Å². The van der Waals surface area contributed by atoms with E-state index < -0.39 is 11.9 Å². The Bertz CT molecular complexity index is 148. The Kier molecular flexibility index (Phi) is 4.30. The minimum atomic E-state index is -0.637. The highest BCUT2D eigenvalue weighted by molar-refractivity contribution is 5.74. The standard InChI is InChI=1S/C7H10NO2/c1-3-4-6(5-8)7(9)10-2/h6H,1,3-4H2,2H3. The normalized spacial score (nSPS) is 11.7. The SMILES string of the molecule is [CH2]CCC(C#N)C(=O)OC. The third-order valence-electron chi connectivity index (χ3n) is 1.13. The minimum absolute atomic E-state index is 0.467. The van der Waals surface area contributed by atoms with Gasteiger partial charge in [0.25, 0.3) is 0 Å². The molecule has 0 aliphatic rings. The topological polar surface area (TPSA) is 50.1 Å². The largest absolute Gasteiger partial charge is 0.468 e. The van der Waals surface area contributed by atoms with Gasteiger partial charge in [0.15, 0.2) is 0 Å². The molecule has 0 aliphatic heterocycles. The molecule has 1 atom stereocenters. The Morgan fingerprint density at radius 3 is 2.80 bits per heavy atom. The molecule has 0 heterocycles. The second kappa shape index (κ2) is 4.80. The third kappa shape index (κ3) is 2.49. The van der Waals surface area contributed by atoms with E-state index in [-0.39, 0.29) is 0 Å². The van der Waals surface area contributed by atoms with Crippen molar-refractivity contribution in [3.63, 3.8) is 0 Å². The van der Waals surface area contributed by atoms with E-state index >= 15 is 0 Å². The summed E-state index contributed by atoms with van der Waals surface area (Å²) >= 11 is 0. The van der Waals surface area contributed by atoms with Crippen molar-refractivity contribution in [1.82, 2.24) is 0 Å². The fourth-order valence-electron chi connectivity index (χ4n) is 0.581. The molecule has 0 aromatic rings. The predicted molar refractivity (Wildman–Crippen MR) is 35.7 cm³/mol. The fourth-order valence-corrected chi connectivity index (χ4v) is 0.581. The second-order valence-electron chi connectivity index (χ2n) is 1.85. The Balaban J connectivity index is 3.84. The first kappa shape index (κ1) is 8.96. The maximum absolute atomic E-state index is 10.7. The van der Waals surface area contributed by atoms with Crippen molar-refractivity contribution >= 4 is 5.97 Å². The summed E-state index contributed by atoms with van der Waals surface area (Å²) in [5.41, 5.74) is 0. The van der Waals surface area contributed by atoms with Gasteiger partial charge in [0.05, 0.1) is 13.2 Å². The average Bonchev–Trinajstić information content (AvgIpc) is 1.99. The van der Waals surface area contributed by atoms with Crippen molar-refractivity contribution < 1.29 is 9.53 Å². The highest BCUT2D eigenvalue weighted by Crippen LogP contribution is 2.05. The molecule has 0 spiro atoms. The summed E-state index contributed by atoms with van der Waals surface area (Å²) < 4.78 is 4.37. The monoisotopic (exact) mass is 140 g/mol. The number of esters is 1. The lowest BCUT2D eigenvalue weighted by molar-refractivity contribution is -0.143. The average molecular weight is 140 g/mol. The summed E-state index contributed by atoms with van der Waals surface area (Å²) in [4.78, 5) is 10.7. The van der Waals surface area contributed by atoms with Gasteiger partial charge < -0.3 is 4.74 Å². The quantitative estimate of drug-likeness (QED) is 0.547. The molecule has 10 heavy (non-hydrogen) atoms. The van der Waals surface area contributed by atoms with Gasteiger partial charge in [0.2, 0.25) is 0 Å². The molecule has 0 bridgehead atoms. The number of rotatable bonds is 3. The maximum Gasteiger partial charge on any atom is 0.323 e. The molecule has 0 saturated carbocycles. The molecule has 1 unspecified atom stereocenters. The number of nitriles is 1. The Hall–Kier alpha value is -1.04. The fraction of sp³-hybridized carbons (Fsp3) is 0.571. The lowest BCUT2D eigenvalue weighted by atomic mass is 10.1. The Morgan fingerprint density at radius 2 is 2.50 bits per heavy atom. The molecule has 0 N–H and O–H groups in total. The van der Waals surface area contributed by atoms with Crippen molar-refractivity contribution in [1.29, 1.82) is 5.26 Å². The van der Waals surface area contributed by atoms with Crippen LogP contribution in [0.4, 0.5) is 0 Å². The third-order valence-corrected chi connectivity index (χ3v) is 1.13. The second-order valence-corrected chi connectivity index (χ2v) is 1.85. The molecule has 0 rings (SSSR count). The van der Waals surface area contributed by atoms with E-state index in [1.165, 1.54) is 7.11 Å². The van der Waals surface area contributed by atoms with Gasteiger partial charge in [-0.3, -0.25) is 4.79 Å². The molecule has 0 aromatic carbocycles. The number of ether oxygens (including phenoxy) is 1. The lowest BCUT2D eigenvalue weighted by Crippen LogP contribution is -2.13. The number of nitrogens with zero attached hydrogens (tertiary/aromatic N) is 1. The lowest BCUT2D eigenvalue weighted by Gasteiger charge is -2.02. The van der Waals surface area contributed by atoms with E-state index in [0.29, 0.717) is 12.8 Å². The predicted octanol–water partition coefficient (Wildman–Crippen LogP) is 0.913. The molecule has 0 amide bonds. The van der Waals surface area contributed by atoms with Crippen LogP contribution < -0.4 is 0 Å². The molecule has 1 radical (unpaired) electrons. The van der Waals surface area contributed by atoms with Crippen LogP contribution in [0.3, 0.4) is 0 Å². The number of carbonyl (C=O) groups excluding carboxylic acids is 1. The first-order valence-corrected chi connectivity index (χ1v) is 3.03. The minimum Gasteiger partial charge on any atom is -0.468 e. The van der Waals surface area contributed by atoms with Crippen LogP contribution in [0.15, 0.2) is 0 Å². The summed E-state index contributed by atoms with van der Waals surface area (Å²) in [7, 11) is 1.27. The van der Waals surface area contributed by atoms with Crippen LogP contribution in [-0.2, 0) is 9.53 Å². The van der Waals surface area contributed by atoms with Gasteiger partial charge in [-0.25, -0.2) is 0 Å². The van der Waals surface area contributed by atoms with Crippen molar-refractivity contribution in [2.45, 2.75) is 12.8 Å². The first-order valence-electron chi connectivity index (χ1n) is 3.03. The van der Waals surface area contributed by atoms with Crippen LogP contribution in [0.1, 0.15) is 12.8 Å². The number of hydrogen-bond acceptors (Lipinski definition) is 3. The van der Waals surface area contributed by atoms with Gasteiger partial charge in [0.1, 0.15) is 5.92 Å². The summed E-state index contributed by atoms with van der Waals surface area (Å²) in [6, 6.07) is 1.84. The zero-order valence-electron chi connectivity index (χ0n) is 5.96. The number of hydrogen-bond donors (Lipinski definition) is 0. The van der Waals surface area contributed by atoms with Crippen LogP contribution in [0.2, 0.25) is 0 Å². The zero-order valence-corrected chi connectivity index (χ0v) is 5.96. The maximum atomic E-state index is 10.7. The van der Waals surface area contributed by atoms with Gasteiger partial charge >= 0.3 is 5.97 Å². The summed E-state index contributed by atoms with van der Waals surface area (Å²) in [6.45, 7) is 3.53. The van der Waals surface area contributed by atoms with E-state index in [1.807, 2.05) is 6.07 Å². The molecule has 0 aromatic heterocycles. The van der Waals surface area contributed by atoms with Crippen LogP contribution >= 0.6 is 0 Å². The van der Waals surface area contributed by atoms with E-state index in [9.17, 15) is 4.79 Å². The summed E-state index contributed by atoms with van der Waals surface area (Å²) in [6.07, 6.45) is 1.05. The summed E-state index contributed by atoms with van der Waals surface area (Å²) in [5.74, 6) is -1.10. The van der Waals surface area contributed by atoms with Crippen LogP contribution in [0.25, 0.3) is 0 Å². The van der Waals surface area contributed by atoms with Crippen molar-refractivity contribution in [2.24, 2.45) is 5.92 Å². The molecular weight excluding hydrogens is 130 g/mol. The molecule has 0 aliphatic carbocycles. The molecule has 55 valence electrons. The zero-order chi connectivity index (χ0) is 7.98. The van der Waals surface area contributed by atoms with Crippen molar-refractivity contribution in [3.8, 4) is 6.07 Å². The number of carbonyl (C=O) groups is 1. The van der Waals surface area contributed by atoms with Crippen molar-refractivity contribution in [2.75, 3.05) is 7.11 Å². The van der Waals surface area contributed by atoms with Gasteiger partial charge in [0, 0.05) is 0 Å². The van der Waals surface area contributed by atoms with Gasteiger partial charge in [-0.15, -0.1) is 0 Å². The summed E-state index contributed by atoms with van der Waals surface area (Å²) in [5, 5.41) is 8.38. The van der Waals surface area contributed by atoms with Crippen LogP contribution in [0, 0.1) is 24.2 Å². The van der Waals surface area contributed by atoms with E-state index in [4.69, 9.17) is 5.26 Å². The molecular formula is C7H10NO2.